The van der Waals surface area contributed by atoms with Crippen LogP contribution >= 0.6 is 0 Å². The number of nitrogens with zero attached hydrogens (tertiary/aromatic N) is 1. The summed E-state index contributed by atoms with van der Waals surface area (Å²) in [6.07, 6.45) is -0.465. The second-order valence-corrected chi connectivity index (χ2v) is 12.5. The van der Waals surface area contributed by atoms with Gasteiger partial charge < -0.3 is 20.3 Å². The average Bonchev–Trinajstić information content (AvgIpc) is 2.96. The molecule has 0 aromatic heterocycles. The quantitative estimate of drug-likeness (QED) is 0.210. The number of hydrogen-bond acceptors (Lipinski definition) is 4. The van der Waals surface area contributed by atoms with Crippen LogP contribution in [0.4, 0.5) is 10.5 Å². The van der Waals surface area contributed by atoms with Gasteiger partial charge in [0, 0.05) is 18.2 Å². The minimum Gasteiger partial charge on any atom is -0.444 e. The maximum atomic E-state index is 14.6. The molecule has 0 aliphatic heterocycles. The van der Waals surface area contributed by atoms with E-state index >= 15 is 0 Å². The molecule has 0 saturated heterocycles. The highest BCUT2D eigenvalue weighted by atomic mass is 16.6. The lowest BCUT2D eigenvalue weighted by Gasteiger charge is -2.38. The lowest BCUT2D eigenvalue weighted by molar-refractivity contribution is -0.142. The van der Waals surface area contributed by atoms with Crippen LogP contribution in [0, 0.1) is 13.8 Å². The zero-order chi connectivity index (χ0) is 32.0. The molecule has 7 nitrogen and oxygen atoms in total. The van der Waals surface area contributed by atoms with Crippen molar-refractivity contribution in [3.05, 3.63) is 113 Å². The number of carbonyl (C=O) groups is 3. The van der Waals surface area contributed by atoms with Crippen LogP contribution in [0.3, 0.4) is 0 Å². The highest BCUT2D eigenvalue weighted by Crippen LogP contribution is 2.30. The molecule has 4 rings (SSSR count). The molecule has 2 atom stereocenters. The van der Waals surface area contributed by atoms with E-state index < -0.39 is 23.8 Å². The van der Waals surface area contributed by atoms with Gasteiger partial charge in [-0.1, -0.05) is 84.4 Å². The van der Waals surface area contributed by atoms with Gasteiger partial charge in [0.25, 0.3) is 5.91 Å². The maximum absolute atomic E-state index is 14.6. The van der Waals surface area contributed by atoms with Crippen molar-refractivity contribution in [2.24, 2.45) is 0 Å². The minimum atomic E-state index is -0.976. The number of carbonyl (C=O) groups excluding carboxylic acids is 3. The number of aryl methyl sites for hydroxylation is 2. The van der Waals surface area contributed by atoms with Crippen molar-refractivity contribution in [2.45, 2.75) is 78.6 Å². The minimum absolute atomic E-state index is 0.230. The van der Waals surface area contributed by atoms with Gasteiger partial charge >= 0.3 is 6.09 Å². The van der Waals surface area contributed by atoms with Gasteiger partial charge in [0.15, 0.2) is 0 Å². The van der Waals surface area contributed by atoms with Crippen LogP contribution in [-0.2, 0) is 20.7 Å². The van der Waals surface area contributed by atoms with Crippen LogP contribution in [0.5, 0.6) is 0 Å². The lowest BCUT2D eigenvalue weighted by atomic mass is 9.94. The number of anilines is 1. The van der Waals surface area contributed by atoms with Gasteiger partial charge in [-0.15, -0.1) is 0 Å². The van der Waals surface area contributed by atoms with Gasteiger partial charge in [0.05, 0.1) is 0 Å². The molecule has 2 N–H and O–H groups in total. The van der Waals surface area contributed by atoms with Crippen LogP contribution in [-0.4, -0.2) is 40.5 Å². The summed E-state index contributed by atoms with van der Waals surface area (Å²) in [5.41, 5.74) is 3.33. The second kappa shape index (κ2) is 13.8. The van der Waals surface area contributed by atoms with E-state index in [4.69, 9.17) is 4.74 Å². The molecule has 4 aromatic rings. The van der Waals surface area contributed by atoms with Gasteiger partial charge in [-0.3, -0.25) is 9.59 Å². The smallest absolute Gasteiger partial charge is 0.408 e. The van der Waals surface area contributed by atoms with Crippen LogP contribution < -0.4 is 10.6 Å². The zero-order valence-corrected chi connectivity index (χ0v) is 26.7. The van der Waals surface area contributed by atoms with Crippen molar-refractivity contribution >= 4 is 34.4 Å². The molecule has 7 heteroatoms. The molecule has 0 bridgehead atoms. The van der Waals surface area contributed by atoms with Crippen LogP contribution in [0.15, 0.2) is 91.0 Å². The first-order valence-corrected chi connectivity index (χ1v) is 15.0. The van der Waals surface area contributed by atoms with Crippen LogP contribution in [0.25, 0.3) is 10.8 Å². The first kappa shape index (κ1) is 32.3. The Morgan fingerprint density at radius 2 is 1.48 bits per heavy atom. The summed E-state index contributed by atoms with van der Waals surface area (Å²) in [7, 11) is 0. The summed E-state index contributed by atoms with van der Waals surface area (Å²) >= 11 is 0. The monoisotopic (exact) mass is 593 g/mol. The first-order chi connectivity index (χ1) is 20.8. The van der Waals surface area contributed by atoms with Crippen molar-refractivity contribution in [3.63, 3.8) is 0 Å². The molecule has 0 heterocycles. The predicted octanol–water partition coefficient (Wildman–Crippen LogP) is 7.51. The van der Waals surface area contributed by atoms with Gasteiger partial charge in [-0.05, 0) is 88.1 Å². The van der Waals surface area contributed by atoms with Gasteiger partial charge in [-0.2, -0.15) is 0 Å². The van der Waals surface area contributed by atoms with Crippen molar-refractivity contribution in [1.29, 1.82) is 0 Å². The van der Waals surface area contributed by atoms with Gasteiger partial charge in [0.1, 0.15) is 17.7 Å². The highest BCUT2D eigenvalue weighted by Gasteiger charge is 2.38. The topological polar surface area (TPSA) is 87.7 Å². The third-order valence-electron chi connectivity index (χ3n) is 7.36. The van der Waals surface area contributed by atoms with Crippen molar-refractivity contribution < 1.29 is 19.1 Å². The summed E-state index contributed by atoms with van der Waals surface area (Å²) in [6.45, 7) is 13.0. The standard InChI is InChI=1S/C37H43N3O4/c1-24(2)40(35(42)32(22-27-13-9-8-10-14-27)39-36(43)44-37(5,6)7)33(31-21-25(3)17-18-26(31)4)34(41)38-30-20-19-28-15-11-12-16-29(28)23-30/h8-21,23-24,32-33H,22H2,1-7H3,(H,38,41)(H,39,43). The molecule has 2 unspecified atom stereocenters. The Morgan fingerprint density at radius 1 is 0.818 bits per heavy atom. The van der Waals surface area contributed by atoms with Crippen LogP contribution in [0.2, 0.25) is 0 Å². The number of fused-ring (bicyclic) bond motifs is 1. The van der Waals surface area contributed by atoms with Gasteiger partial charge in [0.2, 0.25) is 5.91 Å². The van der Waals surface area contributed by atoms with E-state index in [0.29, 0.717) is 5.69 Å². The van der Waals surface area contributed by atoms with E-state index in [9.17, 15) is 14.4 Å². The summed E-state index contributed by atoms with van der Waals surface area (Å²) in [5.74, 6) is -0.721. The van der Waals surface area contributed by atoms with Crippen molar-refractivity contribution in [1.82, 2.24) is 10.2 Å². The Kier molecular flexibility index (Phi) is 10.1. The Bertz CT molecular complexity index is 1630. The molecule has 0 radical (unpaired) electrons. The Balaban J connectivity index is 1.76. The average molecular weight is 594 g/mol. The summed E-state index contributed by atoms with van der Waals surface area (Å²) in [4.78, 5) is 43.5. The normalized spacial score (nSPS) is 12.8. The Hall–Kier alpha value is -4.65. The maximum Gasteiger partial charge on any atom is 0.408 e. The zero-order valence-electron chi connectivity index (χ0n) is 26.7. The number of hydrogen-bond donors (Lipinski definition) is 2. The molecule has 230 valence electrons. The summed E-state index contributed by atoms with van der Waals surface area (Å²) in [5, 5.41) is 7.96. The molecule has 0 aliphatic rings. The van der Waals surface area contributed by atoms with E-state index in [2.05, 4.69) is 10.6 Å². The second-order valence-electron chi connectivity index (χ2n) is 12.5. The predicted molar refractivity (Wildman–Crippen MR) is 177 cm³/mol. The third-order valence-corrected chi connectivity index (χ3v) is 7.36. The fourth-order valence-electron chi connectivity index (χ4n) is 5.31. The van der Waals surface area contributed by atoms with Crippen LogP contribution in [0.1, 0.15) is 62.9 Å². The Labute approximate surface area is 260 Å². The SMILES string of the molecule is Cc1ccc(C)c(C(C(=O)Nc2ccc3ccccc3c2)N(C(=O)C(Cc2ccccc2)NC(=O)OC(C)(C)C)C(C)C)c1. The molecule has 0 spiro atoms. The van der Waals surface area contributed by atoms with Crippen molar-refractivity contribution in [3.8, 4) is 0 Å². The lowest BCUT2D eigenvalue weighted by Crippen LogP contribution is -2.55. The fourth-order valence-corrected chi connectivity index (χ4v) is 5.31. The number of benzene rings is 4. The third kappa shape index (κ3) is 8.25. The largest absolute Gasteiger partial charge is 0.444 e. The summed E-state index contributed by atoms with van der Waals surface area (Å²) < 4.78 is 5.54. The van der Waals surface area contributed by atoms with Crippen molar-refractivity contribution in [2.75, 3.05) is 5.32 Å². The molecular formula is C37H43N3O4. The number of amides is 3. The fraction of sp³-hybridized carbons (Fsp3) is 0.324. The first-order valence-electron chi connectivity index (χ1n) is 15.0. The Morgan fingerprint density at radius 3 is 2.14 bits per heavy atom. The number of alkyl carbamates (subject to hydrolysis) is 1. The van der Waals surface area contributed by atoms with Gasteiger partial charge in [-0.25, -0.2) is 4.79 Å². The van der Waals surface area contributed by atoms with E-state index in [1.54, 1.807) is 25.7 Å². The molecule has 3 amide bonds. The van der Waals surface area contributed by atoms with E-state index in [0.717, 1.165) is 33.0 Å². The summed E-state index contributed by atoms with van der Waals surface area (Å²) in [6, 6.07) is 26.8. The molecule has 4 aromatic carbocycles. The van der Waals surface area contributed by atoms with E-state index in [1.807, 2.05) is 119 Å². The van der Waals surface area contributed by atoms with E-state index in [1.165, 1.54) is 0 Å². The van der Waals surface area contributed by atoms with E-state index in [-0.39, 0.29) is 24.3 Å². The number of nitrogens with one attached hydrogen (secondary N) is 2. The molecule has 0 aliphatic carbocycles. The molecule has 0 saturated carbocycles. The molecule has 44 heavy (non-hydrogen) atoms. The number of ether oxygens (including phenoxy) is 1. The highest BCUT2D eigenvalue weighted by molar-refractivity contribution is 6.00. The molecular weight excluding hydrogens is 550 g/mol. The molecule has 0 fully saturated rings. The number of rotatable bonds is 9.